The van der Waals surface area contributed by atoms with Gasteiger partial charge in [0, 0.05) is 17.3 Å². The molecule has 0 radical (unpaired) electrons. The van der Waals surface area contributed by atoms with Crippen molar-refractivity contribution in [2.75, 3.05) is 0 Å². The van der Waals surface area contributed by atoms with Gasteiger partial charge in [0.25, 0.3) is 0 Å². The van der Waals surface area contributed by atoms with Crippen LogP contribution < -0.4 is 0 Å². The summed E-state index contributed by atoms with van der Waals surface area (Å²) >= 11 is 0. The average Bonchev–Trinajstić information content (AvgIpc) is 2.79. The van der Waals surface area contributed by atoms with Crippen molar-refractivity contribution in [3.63, 3.8) is 0 Å². The number of fused-ring (bicyclic) bond motifs is 1. The smallest absolute Gasteiger partial charge is 0.116 e. The second-order valence-electron chi connectivity index (χ2n) is 6.65. The molecule has 3 nitrogen and oxygen atoms in total. The zero-order valence-electron chi connectivity index (χ0n) is 15.2. The summed E-state index contributed by atoms with van der Waals surface area (Å²) in [4.78, 5) is 13.5. The highest BCUT2D eigenvalue weighted by atomic mass is 14.9. The maximum atomic E-state index is 4.62. The van der Waals surface area contributed by atoms with Gasteiger partial charge in [-0.2, -0.15) is 0 Å². The first-order valence-corrected chi connectivity index (χ1v) is 9.20. The van der Waals surface area contributed by atoms with E-state index in [9.17, 15) is 0 Å². The molecule has 2 aromatic heterocycles. The zero-order valence-corrected chi connectivity index (χ0v) is 15.2. The number of benzene rings is 3. The van der Waals surface area contributed by atoms with Crippen molar-refractivity contribution in [3.8, 4) is 33.8 Å². The Kier molecular flexibility index (Phi) is 4.11. The van der Waals surface area contributed by atoms with Gasteiger partial charge >= 0.3 is 0 Å². The third-order valence-electron chi connectivity index (χ3n) is 4.85. The molecular formula is C25H17N3. The lowest BCUT2D eigenvalue weighted by atomic mass is 10.0. The number of aromatic nitrogens is 3. The zero-order chi connectivity index (χ0) is 18.8. The average molecular weight is 359 g/mol. The summed E-state index contributed by atoms with van der Waals surface area (Å²) in [5.74, 6) is 0. The van der Waals surface area contributed by atoms with Gasteiger partial charge in [-0.25, -0.2) is 9.97 Å². The molecule has 132 valence electrons. The Morgan fingerprint density at radius 1 is 0.429 bits per heavy atom. The Morgan fingerprint density at radius 2 is 1.18 bits per heavy atom. The minimum atomic E-state index is 0.817. The van der Waals surface area contributed by atoms with Crippen LogP contribution in [-0.2, 0) is 0 Å². The van der Waals surface area contributed by atoms with Crippen molar-refractivity contribution in [3.05, 3.63) is 104 Å². The van der Waals surface area contributed by atoms with Crippen LogP contribution in [0, 0.1) is 0 Å². The van der Waals surface area contributed by atoms with Crippen molar-refractivity contribution in [2.24, 2.45) is 0 Å². The summed E-state index contributed by atoms with van der Waals surface area (Å²) in [5, 5.41) is 2.42. The molecule has 5 rings (SSSR count). The molecule has 0 spiro atoms. The van der Waals surface area contributed by atoms with Gasteiger partial charge in [-0.3, -0.25) is 4.98 Å². The fourth-order valence-corrected chi connectivity index (χ4v) is 3.35. The highest BCUT2D eigenvalue weighted by Gasteiger charge is 2.07. The van der Waals surface area contributed by atoms with E-state index < -0.39 is 0 Å². The molecule has 0 aliphatic carbocycles. The van der Waals surface area contributed by atoms with Gasteiger partial charge in [-0.05, 0) is 34.5 Å². The van der Waals surface area contributed by atoms with Crippen LogP contribution in [0.1, 0.15) is 0 Å². The number of rotatable bonds is 3. The minimum Gasteiger partial charge on any atom is -0.254 e. The molecule has 0 N–H and O–H groups in total. The van der Waals surface area contributed by atoms with E-state index in [4.69, 9.17) is 0 Å². The van der Waals surface area contributed by atoms with Crippen molar-refractivity contribution >= 4 is 10.8 Å². The van der Waals surface area contributed by atoms with Crippen molar-refractivity contribution in [1.29, 1.82) is 0 Å². The Hall–Kier alpha value is -3.85. The van der Waals surface area contributed by atoms with E-state index in [1.54, 1.807) is 6.33 Å². The molecular weight excluding hydrogens is 342 g/mol. The first kappa shape index (κ1) is 16.3. The molecule has 0 atom stereocenters. The largest absolute Gasteiger partial charge is 0.254 e. The van der Waals surface area contributed by atoms with Crippen LogP contribution in [0.3, 0.4) is 0 Å². The van der Waals surface area contributed by atoms with Crippen LogP contribution in [0.4, 0.5) is 0 Å². The lowest BCUT2D eigenvalue weighted by molar-refractivity contribution is 1.16. The summed E-state index contributed by atoms with van der Waals surface area (Å²) in [6, 6.07) is 31.0. The molecule has 0 bridgehead atoms. The van der Waals surface area contributed by atoms with Crippen LogP contribution in [0.5, 0.6) is 0 Å². The topological polar surface area (TPSA) is 38.7 Å². The molecule has 3 aromatic carbocycles. The van der Waals surface area contributed by atoms with E-state index in [0.717, 1.165) is 33.8 Å². The Morgan fingerprint density at radius 3 is 2.00 bits per heavy atom. The van der Waals surface area contributed by atoms with Gasteiger partial charge in [0.05, 0.1) is 17.1 Å². The maximum Gasteiger partial charge on any atom is 0.116 e. The van der Waals surface area contributed by atoms with E-state index in [-0.39, 0.29) is 0 Å². The molecule has 0 saturated heterocycles. The molecule has 3 heteroatoms. The van der Waals surface area contributed by atoms with Crippen LogP contribution >= 0.6 is 0 Å². The Balaban J connectivity index is 1.50. The van der Waals surface area contributed by atoms with Gasteiger partial charge in [-0.1, -0.05) is 72.8 Å². The number of pyridine rings is 1. The van der Waals surface area contributed by atoms with Gasteiger partial charge < -0.3 is 0 Å². The van der Waals surface area contributed by atoms with Gasteiger partial charge in [0.2, 0.25) is 0 Å². The van der Waals surface area contributed by atoms with Crippen LogP contribution in [0.2, 0.25) is 0 Å². The van der Waals surface area contributed by atoms with Crippen LogP contribution in [0.25, 0.3) is 44.5 Å². The van der Waals surface area contributed by atoms with Gasteiger partial charge in [0.15, 0.2) is 0 Å². The third kappa shape index (κ3) is 3.14. The Labute approximate surface area is 163 Å². The number of hydrogen-bond donors (Lipinski definition) is 0. The lowest BCUT2D eigenvalue weighted by Crippen LogP contribution is -1.92. The van der Waals surface area contributed by atoms with E-state index in [1.807, 2.05) is 36.5 Å². The van der Waals surface area contributed by atoms with Crippen molar-refractivity contribution < 1.29 is 0 Å². The predicted molar refractivity (Wildman–Crippen MR) is 114 cm³/mol. The molecule has 0 aliphatic rings. The highest BCUT2D eigenvalue weighted by molar-refractivity contribution is 5.87. The van der Waals surface area contributed by atoms with E-state index in [2.05, 4.69) is 75.6 Å². The third-order valence-corrected chi connectivity index (χ3v) is 4.85. The molecule has 28 heavy (non-hydrogen) atoms. The first-order chi connectivity index (χ1) is 13.9. The normalized spacial score (nSPS) is 10.9. The monoisotopic (exact) mass is 359 g/mol. The summed E-state index contributed by atoms with van der Waals surface area (Å²) in [6.45, 7) is 0. The number of hydrogen-bond acceptors (Lipinski definition) is 3. The minimum absolute atomic E-state index is 0.817. The SMILES string of the molecule is c1ccc(-c2ccc(-c3cc(-c4ccc5ccccc5c4)ncn3)nc2)cc1. The first-order valence-electron chi connectivity index (χ1n) is 9.20. The quantitative estimate of drug-likeness (QED) is 0.395. The van der Waals surface area contributed by atoms with Crippen LogP contribution in [0.15, 0.2) is 104 Å². The molecule has 0 saturated carbocycles. The highest BCUT2D eigenvalue weighted by Crippen LogP contribution is 2.26. The fraction of sp³-hybridized carbons (Fsp3) is 0. The predicted octanol–water partition coefficient (Wildman–Crippen LogP) is 6.03. The summed E-state index contributed by atoms with van der Waals surface area (Å²) < 4.78 is 0. The summed E-state index contributed by atoms with van der Waals surface area (Å²) in [6.07, 6.45) is 3.50. The molecule has 0 aliphatic heterocycles. The Bertz CT molecular complexity index is 1250. The molecule has 2 heterocycles. The molecule has 5 aromatic rings. The standard InChI is InChI=1S/C25H17N3/c1-2-6-18(7-3-1)22-12-13-23(26-16-22)25-15-24(27-17-28-25)21-11-10-19-8-4-5-9-20(19)14-21/h1-17H. The summed E-state index contributed by atoms with van der Waals surface area (Å²) in [5.41, 5.74) is 5.86. The fourth-order valence-electron chi connectivity index (χ4n) is 3.35. The maximum absolute atomic E-state index is 4.62. The lowest BCUT2D eigenvalue weighted by Gasteiger charge is -2.06. The number of nitrogens with zero attached hydrogens (tertiary/aromatic N) is 3. The van der Waals surface area contributed by atoms with Gasteiger partial charge in [-0.15, -0.1) is 0 Å². The van der Waals surface area contributed by atoms with Crippen LogP contribution in [-0.4, -0.2) is 15.0 Å². The second-order valence-corrected chi connectivity index (χ2v) is 6.65. The molecule has 0 fully saturated rings. The van der Waals surface area contributed by atoms with E-state index >= 15 is 0 Å². The second kappa shape index (κ2) is 7.05. The van der Waals surface area contributed by atoms with Crippen molar-refractivity contribution in [1.82, 2.24) is 15.0 Å². The molecule has 0 amide bonds. The van der Waals surface area contributed by atoms with Crippen molar-refractivity contribution in [2.45, 2.75) is 0 Å². The van der Waals surface area contributed by atoms with E-state index in [0.29, 0.717) is 0 Å². The summed E-state index contributed by atoms with van der Waals surface area (Å²) in [7, 11) is 0. The van der Waals surface area contributed by atoms with E-state index in [1.165, 1.54) is 10.8 Å². The van der Waals surface area contributed by atoms with Gasteiger partial charge in [0.1, 0.15) is 6.33 Å². The molecule has 0 unspecified atom stereocenters.